The van der Waals surface area contributed by atoms with E-state index < -0.39 is 18.3 Å². The average molecular weight is 855 g/mol. The van der Waals surface area contributed by atoms with E-state index in [0.717, 1.165) is 78.9 Å². The van der Waals surface area contributed by atoms with Crippen molar-refractivity contribution in [3.63, 3.8) is 0 Å². The fourth-order valence-corrected chi connectivity index (χ4v) is 6.64. The maximum absolute atomic E-state index is 11.9. The van der Waals surface area contributed by atoms with E-state index in [9.17, 15) is 9.59 Å². The summed E-state index contributed by atoms with van der Waals surface area (Å²) in [6.45, 7) is 23.0. The highest BCUT2D eigenvalue weighted by molar-refractivity contribution is 14.1. The number of H-pyrrole nitrogens is 2. The van der Waals surface area contributed by atoms with Crippen molar-refractivity contribution in [2.45, 2.75) is 92.3 Å². The fraction of sp³-hybridized carbons (Fsp3) is 0.500. The van der Waals surface area contributed by atoms with Crippen molar-refractivity contribution in [2.24, 2.45) is 0 Å². The lowest BCUT2D eigenvalue weighted by molar-refractivity contribution is 0.00508. The highest BCUT2D eigenvalue weighted by Crippen LogP contribution is 2.37. The Kier molecular flexibility index (Phi) is 12.8. The van der Waals surface area contributed by atoms with Gasteiger partial charge in [0.05, 0.1) is 80.5 Å². The van der Waals surface area contributed by atoms with Crippen molar-refractivity contribution in [1.29, 1.82) is 0 Å². The highest BCUT2D eigenvalue weighted by atomic mass is 127. The Labute approximate surface area is 332 Å². The molecule has 2 aromatic carbocycles. The predicted octanol–water partition coefficient (Wildman–Crippen LogP) is 6.73. The number of rotatable bonds is 6. The Balaban J connectivity index is 0.000000164. The molecule has 2 N–H and O–H groups in total. The summed E-state index contributed by atoms with van der Waals surface area (Å²) in [5.74, 6) is 2.23. The zero-order valence-corrected chi connectivity index (χ0v) is 35.6. The maximum atomic E-state index is 11.9. The quantitative estimate of drug-likeness (QED) is 0.122. The van der Waals surface area contributed by atoms with E-state index >= 15 is 0 Å². The van der Waals surface area contributed by atoms with Gasteiger partial charge in [0.1, 0.15) is 15.3 Å². The van der Waals surface area contributed by atoms with Crippen LogP contribution in [0.3, 0.4) is 0 Å². The van der Waals surface area contributed by atoms with Crippen molar-refractivity contribution in [3.8, 4) is 11.3 Å². The van der Waals surface area contributed by atoms with Gasteiger partial charge in [0.15, 0.2) is 0 Å². The van der Waals surface area contributed by atoms with Gasteiger partial charge in [-0.3, -0.25) is 0 Å². The minimum absolute atomic E-state index is 0.320. The maximum Gasteiger partial charge on any atom is 0.495 e. The molecule has 5 heterocycles. The van der Waals surface area contributed by atoms with Crippen molar-refractivity contribution in [2.75, 3.05) is 40.6 Å². The fourth-order valence-electron chi connectivity index (χ4n) is 6.24. The van der Waals surface area contributed by atoms with Crippen molar-refractivity contribution < 1.29 is 37.8 Å². The first-order valence-corrected chi connectivity index (χ1v) is 19.1. The number of aromatic amines is 2. The number of nitrogens with zero attached hydrogens (tertiary/aromatic N) is 2. The minimum atomic E-state index is -0.473. The van der Waals surface area contributed by atoms with Crippen LogP contribution >= 0.6 is 22.6 Å². The number of benzene rings is 2. The van der Waals surface area contributed by atoms with Crippen LogP contribution in [0.4, 0.5) is 0 Å². The van der Waals surface area contributed by atoms with Gasteiger partial charge in [0.2, 0.25) is 0 Å². The molecule has 0 atom stereocenters. The zero-order valence-electron chi connectivity index (χ0n) is 33.4. The molecule has 0 bridgehead atoms. The number of ether oxygens (including phenoxy) is 4. The van der Waals surface area contributed by atoms with Crippen LogP contribution in [-0.4, -0.2) is 90.8 Å². The summed E-state index contributed by atoms with van der Waals surface area (Å²) in [5.41, 5.74) is 9.16. The van der Waals surface area contributed by atoms with Gasteiger partial charge in [-0.25, -0.2) is 19.6 Å². The van der Waals surface area contributed by atoms with Crippen LogP contribution < -0.4 is 5.46 Å². The molecule has 3 aliphatic heterocycles. The number of nitrogens with one attached hydrogen (secondary N) is 2. The van der Waals surface area contributed by atoms with Crippen LogP contribution in [-0.2, 0) is 28.3 Å². The normalized spacial score (nSPS) is 17.4. The van der Waals surface area contributed by atoms with E-state index in [2.05, 4.69) is 37.5 Å². The molecule has 12 nitrogen and oxygen atoms in total. The Bertz CT molecular complexity index is 1980. The molecular weight excluding hydrogens is 802 g/mol. The second-order valence-corrected chi connectivity index (χ2v) is 16.2. The lowest BCUT2D eigenvalue weighted by atomic mass is 9.75. The molecule has 0 unspecified atom stereocenters. The molecule has 0 spiro atoms. The van der Waals surface area contributed by atoms with E-state index in [1.54, 1.807) is 0 Å². The van der Waals surface area contributed by atoms with Crippen LogP contribution in [0.15, 0.2) is 24.3 Å². The number of aromatic nitrogens is 4. The third-order valence-electron chi connectivity index (χ3n) is 10.6. The zero-order chi connectivity index (χ0) is 39.7. The third kappa shape index (κ3) is 8.78. The van der Waals surface area contributed by atoms with E-state index in [0.29, 0.717) is 36.2 Å². The highest BCUT2D eigenvalue weighted by Gasteiger charge is 2.52. The average Bonchev–Trinajstić information content (AvgIpc) is 3.65. The molecular formula is C40H52BIN4O8. The van der Waals surface area contributed by atoms with Crippen LogP contribution in [0.25, 0.3) is 11.3 Å². The molecule has 0 amide bonds. The summed E-state index contributed by atoms with van der Waals surface area (Å²) in [4.78, 5) is 39.5. The topological polar surface area (TPSA) is 147 Å². The molecule has 0 aliphatic carbocycles. The molecule has 3 saturated heterocycles. The van der Waals surface area contributed by atoms with Crippen LogP contribution in [0, 0.1) is 45.2 Å². The number of esters is 2. The number of halogens is 1. The summed E-state index contributed by atoms with van der Waals surface area (Å²) in [5, 5.41) is 0. The first-order chi connectivity index (χ1) is 25.4. The number of aryl methyl sites for hydroxylation is 6. The number of hydrogen-bond donors (Lipinski definition) is 2. The molecule has 290 valence electrons. The van der Waals surface area contributed by atoms with Gasteiger partial charge in [-0.05, 0) is 126 Å². The Hall–Kier alpha value is -3.57. The van der Waals surface area contributed by atoms with Crippen molar-refractivity contribution in [3.05, 3.63) is 84.4 Å². The Morgan fingerprint density at radius 3 is 1.61 bits per heavy atom. The molecule has 14 heteroatoms. The number of carbonyl (C=O) groups is 2. The summed E-state index contributed by atoms with van der Waals surface area (Å²) in [6, 6.07) is 7.66. The van der Waals surface area contributed by atoms with Crippen molar-refractivity contribution >= 4 is 47.1 Å². The van der Waals surface area contributed by atoms with Gasteiger partial charge in [0, 0.05) is 17.0 Å². The standard InChI is InChI=1S/C17H20N2O3.C16H23BO4.C7H9IN2O/c1-9-5-10(2)14(17(20)21-4)6-13(9)15-11(3)18-16(19-15)12-7-22-8-12;1-10-8-11(2)13(9-12(10)14(18)19-7)17-20-15(3,4)16(5,6)21-17;1-4-6(8)10-7(9-4)5-2-11-3-5/h5-6,12H,7-8H2,1-4H3,(H,18,19);8-9H,1-7H3;5H,2-3H2,1H3,(H,9,10). The van der Waals surface area contributed by atoms with Gasteiger partial charge < -0.3 is 38.2 Å². The molecule has 4 aromatic rings. The SMILES string of the molecule is COC(=O)c1cc(-c2nc(C3COC3)[nH]c2C)c(C)cc1C.COC(=O)c1cc(B2OC(C)(C)C(C)(C)O2)c(C)cc1C.Cc1[nH]c(C2COC2)nc1I. The lowest BCUT2D eigenvalue weighted by Crippen LogP contribution is -2.41. The molecule has 7 rings (SSSR count). The second-order valence-electron chi connectivity index (χ2n) is 15.2. The second kappa shape index (κ2) is 16.7. The molecule has 3 aliphatic rings. The van der Waals surface area contributed by atoms with Gasteiger partial charge in [-0.15, -0.1) is 0 Å². The molecule has 0 radical (unpaired) electrons. The summed E-state index contributed by atoms with van der Waals surface area (Å²) in [7, 11) is 2.31. The van der Waals surface area contributed by atoms with Crippen LogP contribution in [0.1, 0.15) is 106 Å². The third-order valence-corrected chi connectivity index (χ3v) is 11.6. The van der Waals surface area contributed by atoms with E-state index in [-0.39, 0.29) is 11.9 Å². The molecule has 54 heavy (non-hydrogen) atoms. The number of imidazole rings is 2. The van der Waals surface area contributed by atoms with E-state index in [1.165, 1.54) is 14.2 Å². The van der Waals surface area contributed by atoms with Crippen molar-refractivity contribution in [1.82, 2.24) is 19.9 Å². The van der Waals surface area contributed by atoms with E-state index in [1.807, 2.05) is 93.5 Å². The smallest absolute Gasteiger partial charge is 0.465 e. The summed E-state index contributed by atoms with van der Waals surface area (Å²) in [6.07, 6.45) is 0. The van der Waals surface area contributed by atoms with E-state index in [4.69, 9.17) is 33.2 Å². The van der Waals surface area contributed by atoms with Gasteiger partial charge in [0.25, 0.3) is 0 Å². The number of carbonyl (C=O) groups excluding carboxylic acids is 2. The Morgan fingerprint density at radius 2 is 1.17 bits per heavy atom. The first-order valence-electron chi connectivity index (χ1n) is 18.1. The molecule has 0 saturated carbocycles. The summed E-state index contributed by atoms with van der Waals surface area (Å²) < 4.78 is 33.2. The van der Waals surface area contributed by atoms with Gasteiger partial charge >= 0.3 is 19.1 Å². The molecule has 3 fully saturated rings. The Morgan fingerprint density at radius 1 is 0.704 bits per heavy atom. The largest absolute Gasteiger partial charge is 0.495 e. The lowest BCUT2D eigenvalue weighted by Gasteiger charge is -2.32. The molecule has 2 aromatic heterocycles. The number of hydrogen-bond acceptors (Lipinski definition) is 10. The van der Waals surface area contributed by atoms with Crippen LogP contribution in [0.2, 0.25) is 0 Å². The minimum Gasteiger partial charge on any atom is -0.465 e. The predicted molar refractivity (Wildman–Crippen MR) is 216 cm³/mol. The van der Waals surface area contributed by atoms with Gasteiger partial charge in [-0.1, -0.05) is 17.7 Å². The summed E-state index contributed by atoms with van der Waals surface area (Å²) >= 11 is 2.24. The first kappa shape index (κ1) is 41.6. The monoisotopic (exact) mass is 854 g/mol. The van der Waals surface area contributed by atoms with Crippen LogP contribution in [0.5, 0.6) is 0 Å². The van der Waals surface area contributed by atoms with Gasteiger partial charge in [-0.2, -0.15) is 0 Å². The number of methoxy groups -OCH3 is 2.